The van der Waals surface area contributed by atoms with Crippen molar-refractivity contribution < 1.29 is 10.2 Å². The van der Waals surface area contributed by atoms with Gasteiger partial charge in [-0.2, -0.15) is 0 Å². The Hall–Kier alpha value is -1.06. The number of aliphatic hydroxyl groups is 2. The summed E-state index contributed by atoms with van der Waals surface area (Å²) in [6.07, 6.45) is 0.576. The number of hydrogen-bond acceptors (Lipinski definition) is 3. The molecule has 4 rings (SSSR count). The minimum Gasteiger partial charge on any atom is -0.387 e. The van der Waals surface area contributed by atoms with Crippen molar-refractivity contribution in [1.82, 2.24) is 0 Å². The van der Waals surface area contributed by atoms with Crippen LogP contribution in [-0.2, 0) is 0 Å². The second-order valence-electron chi connectivity index (χ2n) is 4.55. The molecule has 3 aliphatic rings. The molecule has 2 bridgehead atoms. The molecular weight excluding hydrogens is 190 g/mol. The number of nitrogens with zero attached hydrogens (tertiary/aromatic N) is 1. The molecule has 2 N–H and O–H groups in total. The van der Waals surface area contributed by atoms with Crippen LogP contribution in [0.2, 0.25) is 0 Å². The molecule has 0 aromatic heterocycles. The van der Waals surface area contributed by atoms with Gasteiger partial charge in [0.2, 0.25) is 0 Å². The molecule has 3 nitrogen and oxygen atoms in total. The Bertz CT molecular complexity index is 383. The second kappa shape index (κ2) is 2.97. The van der Waals surface area contributed by atoms with Crippen LogP contribution in [0.15, 0.2) is 24.3 Å². The van der Waals surface area contributed by atoms with Gasteiger partial charge >= 0.3 is 0 Å². The highest BCUT2D eigenvalue weighted by atomic mass is 16.3. The maximum Gasteiger partial charge on any atom is 0.110 e. The molecule has 0 spiro atoms. The molecule has 0 amide bonds. The summed E-state index contributed by atoms with van der Waals surface area (Å²) in [7, 11) is 0. The zero-order valence-electron chi connectivity index (χ0n) is 8.56. The van der Waals surface area contributed by atoms with Crippen molar-refractivity contribution in [3.8, 4) is 0 Å². The first-order valence-electron chi connectivity index (χ1n) is 5.45. The number of rotatable bonds is 0. The number of aliphatic hydroxyl groups excluding tert-OH is 1. The molecule has 1 aromatic carbocycles. The maximum atomic E-state index is 10.3. The van der Waals surface area contributed by atoms with Gasteiger partial charge in [-0.3, -0.25) is 0 Å². The smallest absolute Gasteiger partial charge is 0.110 e. The summed E-state index contributed by atoms with van der Waals surface area (Å²) >= 11 is 0. The van der Waals surface area contributed by atoms with Gasteiger partial charge < -0.3 is 15.1 Å². The van der Waals surface area contributed by atoms with Crippen LogP contribution in [0, 0.1) is 0 Å². The van der Waals surface area contributed by atoms with Crippen molar-refractivity contribution in [3.63, 3.8) is 0 Å². The van der Waals surface area contributed by atoms with Gasteiger partial charge in [0, 0.05) is 24.3 Å². The Morgan fingerprint density at radius 3 is 2.60 bits per heavy atom. The second-order valence-corrected chi connectivity index (χ2v) is 4.55. The van der Waals surface area contributed by atoms with E-state index in [1.807, 2.05) is 24.3 Å². The molecule has 0 radical (unpaired) electrons. The predicted molar refractivity (Wildman–Crippen MR) is 57.8 cm³/mol. The summed E-state index contributed by atoms with van der Waals surface area (Å²) in [6, 6.07) is 7.83. The van der Waals surface area contributed by atoms with Crippen LogP contribution in [0.5, 0.6) is 0 Å². The highest BCUT2D eigenvalue weighted by molar-refractivity contribution is 5.57. The monoisotopic (exact) mass is 205 g/mol. The number of benzene rings is 1. The number of hydrogen-bond donors (Lipinski definition) is 2. The van der Waals surface area contributed by atoms with Gasteiger partial charge in [-0.15, -0.1) is 0 Å². The summed E-state index contributed by atoms with van der Waals surface area (Å²) in [4.78, 5) is 2.25. The van der Waals surface area contributed by atoms with Crippen LogP contribution in [0.4, 0.5) is 5.69 Å². The fraction of sp³-hybridized carbons (Fsp3) is 0.500. The molecule has 15 heavy (non-hydrogen) atoms. The van der Waals surface area contributed by atoms with E-state index in [1.165, 1.54) is 0 Å². The van der Waals surface area contributed by atoms with Gasteiger partial charge in [-0.05, 0) is 18.9 Å². The quantitative estimate of drug-likeness (QED) is 0.665. The normalized spacial score (nSPS) is 33.7. The average molecular weight is 205 g/mol. The average Bonchev–Trinajstić information content (AvgIpc) is 2.44. The lowest BCUT2D eigenvalue weighted by Crippen LogP contribution is -2.44. The van der Waals surface area contributed by atoms with E-state index in [2.05, 4.69) is 4.90 Å². The van der Waals surface area contributed by atoms with Gasteiger partial charge in [0.1, 0.15) is 6.10 Å². The number of piperidine rings is 1. The van der Waals surface area contributed by atoms with Crippen molar-refractivity contribution >= 4 is 5.69 Å². The Labute approximate surface area is 89.0 Å². The summed E-state index contributed by atoms with van der Waals surface area (Å²) < 4.78 is 0. The third-order valence-corrected chi connectivity index (χ3v) is 3.71. The van der Waals surface area contributed by atoms with Crippen molar-refractivity contribution in [1.29, 1.82) is 0 Å². The van der Waals surface area contributed by atoms with Crippen LogP contribution in [0.1, 0.15) is 24.5 Å². The standard InChI is InChI=1S/C12H15NO2/c14-11-9-3-1-2-4-10(9)13-7-5-12(11,15)6-8-13/h1-4,11,14-15H,5-8H2. The first-order chi connectivity index (χ1) is 7.21. The van der Waals surface area contributed by atoms with E-state index in [0.717, 1.165) is 24.3 Å². The first-order valence-corrected chi connectivity index (χ1v) is 5.45. The molecular formula is C12H15NO2. The topological polar surface area (TPSA) is 43.7 Å². The number of anilines is 1. The summed E-state index contributed by atoms with van der Waals surface area (Å²) in [6.45, 7) is 1.68. The lowest BCUT2D eigenvalue weighted by molar-refractivity contribution is -0.0873. The van der Waals surface area contributed by atoms with Gasteiger partial charge in [0.25, 0.3) is 0 Å². The fourth-order valence-corrected chi connectivity index (χ4v) is 2.70. The molecule has 1 fully saturated rings. The van der Waals surface area contributed by atoms with Gasteiger partial charge in [0.15, 0.2) is 0 Å². The van der Waals surface area contributed by atoms with E-state index < -0.39 is 11.7 Å². The molecule has 3 heteroatoms. The van der Waals surface area contributed by atoms with Crippen molar-refractivity contribution in [2.45, 2.75) is 24.5 Å². The summed E-state index contributed by atoms with van der Waals surface area (Å²) in [5.74, 6) is 0. The van der Waals surface area contributed by atoms with Crippen molar-refractivity contribution in [3.05, 3.63) is 29.8 Å². The van der Waals surface area contributed by atoms with Gasteiger partial charge in [-0.25, -0.2) is 0 Å². The molecule has 0 saturated carbocycles. The highest BCUT2D eigenvalue weighted by Gasteiger charge is 2.44. The van der Waals surface area contributed by atoms with E-state index in [4.69, 9.17) is 0 Å². The van der Waals surface area contributed by atoms with E-state index in [9.17, 15) is 10.2 Å². The number of fused-ring (bicyclic) bond motifs is 2. The highest BCUT2D eigenvalue weighted by Crippen LogP contribution is 2.43. The summed E-state index contributed by atoms with van der Waals surface area (Å²) in [5, 5.41) is 20.5. The molecule has 1 saturated heterocycles. The zero-order chi connectivity index (χ0) is 10.5. The Balaban J connectivity index is 2.18. The minimum absolute atomic E-state index is 0.656. The Kier molecular flexibility index (Phi) is 1.82. The number of para-hydroxylation sites is 1. The van der Waals surface area contributed by atoms with Crippen LogP contribution < -0.4 is 4.90 Å². The molecule has 1 atom stereocenters. The molecule has 0 aliphatic carbocycles. The van der Waals surface area contributed by atoms with E-state index in [-0.39, 0.29) is 0 Å². The Morgan fingerprint density at radius 2 is 1.87 bits per heavy atom. The molecule has 80 valence electrons. The van der Waals surface area contributed by atoms with Crippen LogP contribution >= 0.6 is 0 Å². The van der Waals surface area contributed by atoms with Gasteiger partial charge in [0.05, 0.1) is 5.60 Å². The van der Waals surface area contributed by atoms with Crippen LogP contribution in [-0.4, -0.2) is 28.9 Å². The lowest BCUT2D eigenvalue weighted by atomic mass is 9.85. The van der Waals surface area contributed by atoms with Crippen LogP contribution in [0.3, 0.4) is 0 Å². The van der Waals surface area contributed by atoms with E-state index >= 15 is 0 Å². The van der Waals surface area contributed by atoms with Gasteiger partial charge in [-0.1, -0.05) is 18.2 Å². The van der Waals surface area contributed by atoms with E-state index in [1.54, 1.807) is 0 Å². The van der Waals surface area contributed by atoms with E-state index in [0.29, 0.717) is 12.8 Å². The largest absolute Gasteiger partial charge is 0.387 e. The first kappa shape index (κ1) is 9.19. The third-order valence-electron chi connectivity index (χ3n) is 3.71. The Morgan fingerprint density at radius 1 is 1.20 bits per heavy atom. The van der Waals surface area contributed by atoms with Crippen molar-refractivity contribution in [2.24, 2.45) is 0 Å². The lowest BCUT2D eigenvalue weighted by Gasteiger charge is -2.36. The molecule has 3 aliphatic heterocycles. The molecule has 3 heterocycles. The minimum atomic E-state index is -0.914. The third kappa shape index (κ3) is 1.20. The maximum absolute atomic E-state index is 10.3. The zero-order valence-corrected chi connectivity index (χ0v) is 8.56. The molecule has 1 unspecified atom stereocenters. The SMILES string of the molecule is OC1c2ccccc2N2CCC1(O)CC2. The fourth-order valence-electron chi connectivity index (χ4n) is 2.70. The summed E-state index contributed by atoms with van der Waals surface area (Å²) in [5.41, 5.74) is 1.04. The predicted octanol–water partition coefficient (Wildman–Crippen LogP) is 1.06. The molecule has 1 aromatic rings. The van der Waals surface area contributed by atoms with Crippen molar-refractivity contribution in [2.75, 3.05) is 18.0 Å². The van der Waals surface area contributed by atoms with Crippen LogP contribution in [0.25, 0.3) is 0 Å².